The smallest absolute Gasteiger partial charge is 0.222 e. The van der Waals surface area contributed by atoms with Crippen molar-refractivity contribution in [2.45, 2.75) is 46.1 Å². The van der Waals surface area contributed by atoms with Crippen LogP contribution in [-0.4, -0.2) is 45.1 Å². The van der Waals surface area contributed by atoms with Crippen LogP contribution in [0.15, 0.2) is 84.9 Å². The standard InChI is InChI=1S/C31H37N3O3/c1-23(2)36-22-27(35)20-34(19-25-11-7-5-8-12-25)21-29-30(26-13-9-6-10-14-26)32-33(4)31(29)37-28-17-15-24(3)16-18-28/h5-18,23,27,35H,19-22H2,1-4H3/t27-/m1/s1. The van der Waals surface area contributed by atoms with Gasteiger partial charge >= 0.3 is 0 Å². The molecule has 1 N–H and O–H groups in total. The second kappa shape index (κ2) is 12.7. The van der Waals surface area contributed by atoms with E-state index in [4.69, 9.17) is 14.6 Å². The predicted molar refractivity (Wildman–Crippen MR) is 148 cm³/mol. The van der Waals surface area contributed by atoms with E-state index in [2.05, 4.69) is 36.1 Å². The van der Waals surface area contributed by atoms with Crippen molar-refractivity contribution < 1.29 is 14.6 Å². The van der Waals surface area contributed by atoms with Gasteiger partial charge in [-0.25, -0.2) is 4.68 Å². The Morgan fingerprint density at radius 1 is 0.892 bits per heavy atom. The predicted octanol–water partition coefficient (Wildman–Crippen LogP) is 5.98. The maximum atomic E-state index is 10.8. The average molecular weight is 500 g/mol. The summed E-state index contributed by atoms with van der Waals surface area (Å²) in [6.45, 7) is 7.97. The Bertz CT molecular complexity index is 1240. The van der Waals surface area contributed by atoms with Crippen molar-refractivity contribution in [2.24, 2.45) is 7.05 Å². The van der Waals surface area contributed by atoms with Crippen molar-refractivity contribution >= 4 is 0 Å². The summed E-state index contributed by atoms with van der Waals surface area (Å²) in [7, 11) is 1.91. The Hall–Kier alpha value is -3.45. The first-order valence-electron chi connectivity index (χ1n) is 12.8. The van der Waals surface area contributed by atoms with Crippen LogP contribution in [0, 0.1) is 6.92 Å². The zero-order valence-corrected chi connectivity index (χ0v) is 22.2. The van der Waals surface area contributed by atoms with Gasteiger partial charge in [0.15, 0.2) is 0 Å². The number of aliphatic hydroxyl groups excluding tert-OH is 1. The summed E-state index contributed by atoms with van der Waals surface area (Å²) in [5, 5.41) is 15.7. The van der Waals surface area contributed by atoms with Crippen molar-refractivity contribution in [3.05, 3.63) is 102 Å². The Balaban J connectivity index is 1.69. The van der Waals surface area contributed by atoms with Gasteiger partial charge in [0.2, 0.25) is 5.88 Å². The molecule has 1 heterocycles. The van der Waals surface area contributed by atoms with Gasteiger partial charge in [0.25, 0.3) is 0 Å². The van der Waals surface area contributed by atoms with Gasteiger partial charge in [-0.05, 0) is 38.5 Å². The van der Waals surface area contributed by atoms with E-state index in [1.54, 1.807) is 4.68 Å². The van der Waals surface area contributed by atoms with Crippen LogP contribution in [-0.2, 0) is 24.9 Å². The number of benzene rings is 3. The summed E-state index contributed by atoms with van der Waals surface area (Å²) in [6.07, 6.45) is -0.556. The molecule has 0 radical (unpaired) electrons. The molecule has 0 amide bonds. The van der Waals surface area contributed by atoms with Gasteiger partial charge in [-0.1, -0.05) is 78.4 Å². The lowest BCUT2D eigenvalue weighted by molar-refractivity contribution is -0.0107. The Labute approximate surface area is 220 Å². The molecule has 0 aliphatic heterocycles. The molecule has 0 unspecified atom stereocenters. The maximum absolute atomic E-state index is 10.8. The van der Waals surface area contributed by atoms with E-state index < -0.39 is 6.10 Å². The van der Waals surface area contributed by atoms with Gasteiger partial charge in [-0.15, -0.1) is 0 Å². The zero-order chi connectivity index (χ0) is 26.2. The molecule has 4 rings (SSSR count). The molecule has 0 bridgehead atoms. The first-order valence-corrected chi connectivity index (χ1v) is 12.8. The molecule has 0 saturated carbocycles. The van der Waals surface area contributed by atoms with Crippen LogP contribution in [0.4, 0.5) is 0 Å². The largest absolute Gasteiger partial charge is 0.439 e. The van der Waals surface area contributed by atoms with Crippen LogP contribution in [0.2, 0.25) is 0 Å². The molecule has 0 aliphatic carbocycles. The fraction of sp³-hybridized carbons (Fsp3) is 0.323. The number of aryl methyl sites for hydroxylation is 2. The summed E-state index contributed by atoms with van der Waals surface area (Å²) in [6, 6.07) is 28.5. The third kappa shape index (κ3) is 7.52. The van der Waals surface area contributed by atoms with E-state index in [9.17, 15) is 5.11 Å². The van der Waals surface area contributed by atoms with Crippen LogP contribution >= 0.6 is 0 Å². The summed E-state index contributed by atoms with van der Waals surface area (Å²) < 4.78 is 13.9. The van der Waals surface area contributed by atoms with Crippen molar-refractivity contribution in [3.8, 4) is 22.9 Å². The number of hydrogen-bond donors (Lipinski definition) is 1. The highest BCUT2D eigenvalue weighted by molar-refractivity contribution is 5.65. The van der Waals surface area contributed by atoms with Gasteiger partial charge in [-0.2, -0.15) is 5.10 Å². The normalized spacial score (nSPS) is 12.3. The highest BCUT2D eigenvalue weighted by Gasteiger charge is 2.24. The molecule has 0 spiro atoms. The fourth-order valence-corrected chi connectivity index (χ4v) is 4.27. The Morgan fingerprint density at radius 3 is 2.19 bits per heavy atom. The molecule has 6 heteroatoms. The Kier molecular flexibility index (Phi) is 9.12. The maximum Gasteiger partial charge on any atom is 0.222 e. The molecule has 0 aliphatic rings. The van der Waals surface area contributed by atoms with Gasteiger partial charge in [0.1, 0.15) is 11.4 Å². The minimum Gasteiger partial charge on any atom is -0.439 e. The molecule has 3 aromatic carbocycles. The Morgan fingerprint density at radius 2 is 1.54 bits per heavy atom. The minimum absolute atomic E-state index is 0.0646. The second-order valence-electron chi connectivity index (χ2n) is 9.73. The van der Waals surface area contributed by atoms with Crippen LogP contribution in [0.25, 0.3) is 11.3 Å². The first kappa shape index (κ1) is 26.6. The number of rotatable bonds is 12. The van der Waals surface area contributed by atoms with Crippen molar-refractivity contribution in [1.82, 2.24) is 14.7 Å². The molecular weight excluding hydrogens is 462 g/mol. The summed E-state index contributed by atoms with van der Waals surface area (Å²) in [5.41, 5.74) is 5.22. The molecule has 37 heavy (non-hydrogen) atoms. The fourth-order valence-electron chi connectivity index (χ4n) is 4.27. The monoisotopic (exact) mass is 499 g/mol. The van der Waals surface area contributed by atoms with Crippen molar-refractivity contribution in [1.29, 1.82) is 0 Å². The van der Waals surface area contributed by atoms with Gasteiger partial charge in [-0.3, -0.25) is 4.90 Å². The van der Waals surface area contributed by atoms with Crippen LogP contribution in [0.5, 0.6) is 11.6 Å². The van der Waals surface area contributed by atoms with Gasteiger partial charge in [0, 0.05) is 32.2 Å². The van der Waals surface area contributed by atoms with E-state index in [1.807, 2.05) is 81.6 Å². The van der Waals surface area contributed by atoms with E-state index in [1.165, 1.54) is 11.1 Å². The van der Waals surface area contributed by atoms with E-state index >= 15 is 0 Å². The third-order valence-corrected chi connectivity index (χ3v) is 6.09. The first-order chi connectivity index (χ1) is 17.9. The van der Waals surface area contributed by atoms with Gasteiger partial charge in [0.05, 0.1) is 24.4 Å². The van der Waals surface area contributed by atoms with E-state index in [-0.39, 0.29) is 12.7 Å². The molecule has 1 atom stereocenters. The summed E-state index contributed by atoms with van der Waals surface area (Å²) in [4.78, 5) is 2.23. The zero-order valence-electron chi connectivity index (χ0n) is 22.2. The topological polar surface area (TPSA) is 59.8 Å². The van der Waals surface area contributed by atoms with Crippen LogP contribution in [0.1, 0.15) is 30.5 Å². The van der Waals surface area contributed by atoms with Gasteiger partial charge < -0.3 is 14.6 Å². The lowest BCUT2D eigenvalue weighted by Crippen LogP contribution is -2.35. The van der Waals surface area contributed by atoms with E-state index in [0.29, 0.717) is 25.5 Å². The minimum atomic E-state index is -0.621. The van der Waals surface area contributed by atoms with Crippen molar-refractivity contribution in [3.63, 3.8) is 0 Å². The number of aliphatic hydroxyl groups is 1. The molecule has 0 saturated heterocycles. The highest BCUT2D eigenvalue weighted by atomic mass is 16.5. The SMILES string of the molecule is Cc1ccc(Oc2c(CN(Cc3ccccc3)C[C@@H](O)COC(C)C)c(-c3ccccc3)nn2C)cc1. The lowest BCUT2D eigenvalue weighted by atomic mass is 10.1. The average Bonchev–Trinajstić information content (AvgIpc) is 3.19. The summed E-state index contributed by atoms with van der Waals surface area (Å²) in [5.74, 6) is 1.45. The number of ether oxygens (including phenoxy) is 2. The number of aromatic nitrogens is 2. The highest BCUT2D eigenvalue weighted by Crippen LogP contribution is 2.34. The van der Waals surface area contributed by atoms with Crippen LogP contribution < -0.4 is 4.74 Å². The van der Waals surface area contributed by atoms with Crippen molar-refractivity contribution in [2.75, 3.05) is 13.2 Å². The quantitative estimate of drug-likeness (QED) is 0.260. The molecule has 0 fully saturated rings. The second-order valence-corrected chi connectivity index (χ2v) is 9.73. The summed E-state index contributed by atoms with van der Waals surface area (Å²) >= 11 is 0. The third-order valence-electron chi connectivity index (χ3n) is 6.09. The number of hydrogen-bond acceptors (Lipinski definition) is 5. The lowest BCUT2D eigenvalue weighted by Gasteiger charge is -2.26. The number of nitrogens with zero attached hydrogens (tertiary/aromatic N) is 3. The molecular formula is C31H37N3O3. The molecule has 4 aromatic rings. The van der Waals surface area contributed by atoms with Crippen LogP contribution in [0.3, 0.4) is 0 Å². The van der Waals surface area contributed by atoms with E-state index in [0.717, 1.165) is 22.6 Å². The molecule has 6 nitrogen and oxygen atoms in total. The molecule has 194 valence electrons. The molecule has 1 aromatic heterocycles.